The number of fused-ring (bicyclic) bond motifs is 1. The molecule has 2 N–H and O–H groups in total. The van der Waals surface area contributed by atoms with Crippen molar-refractivity contribution in [2.45, 2.75) is 83.1 Å². The van der Waals surface area contributed by atoms with Gasteiger partial charge in [0.25, 0.3) is 5.91 Å². The van der Waals surface area contributed by atoms with Gasteiger partial charge in [-0.3, -0.25) is 14.4 Å². The van der Waals surface area contributed by atoms with E-state index in [4.69, 9.17) is 4.74 Å². The third kappa shape index (κ3) is 6.47. The molecule has 2 aromatic rings. The van der Waals surface area contributed by atoms with Crippen molar-refractivity contribution < 1.29 is 19.7 Å². The molecule has 0 unspecified atom stereocenters. The van der Waals surface area contributed by atoms with Gasteiger partial charge in [0.15, 0.2) is 0 Å². The maximum atomic E-state index is 13.3. The van der Waals surface area contributed by atoms with Crippen LogP contribution in [0.3, 0.4) is 0 Å². The Hall–Kier alpha value is -2.42. The highest BCUT2D eigenvalue weighted by Gasteiger charge is 2.29. The van der Waals surface area contributed by atoms with Crippen molar-refractivity contribution in [3.05, 3.63) is 46.8 Å². The van der Waals surface area contributed by atoms with E-state index in [1.165, 1.54) is 5.56 Å². The topological polar surface area (TPSA) is 91.1 Å². The Morgan fingerprint density at radius 1 is 1.11 bits per heavy atom. The second-order valence-electron chi connectivity index (χ2n) is 10.5. The lowest BCUT2D eigenvalue weighted by Gasteiger charge is -2.35. The van der Waals surface area contributed by atoms with Gasteiger partial charge in [0.2, 0.25) is 0 Å². The Morgan fingerprint density at radius 3 is 2.61 bits per heavy atom. The summed E-state index contributed by atoms with van der Waals surface area (Å²) >= 11 is 0. The van der Waals surface area contributed by atoms with E-state index >= 15 is 0 Å². The smallest absolute Gasteiger partial charge is 0.257 e. The fraction of sp³-hybridized carbons (Fsp3) is 0.643. The standard InChI is InChI=1S/C28H42N4O4/c1-20-22(17-30(2)29-20)18-32-15-6-4-5-9-21-10-7-13-24(28(35)31(3)23-11-8-12-23)27(21)36-19-26(34)25(33)14-16-32/h7,10,13,17,23,25-26,33-34H,4-6,8-9,11-12,14-16,18-19H2,1-3H3/t25-,26+/m0/s1. The molecule has 1 saturated carbocycles. The average molecular weight is 499 g/mol. The van der Waals surface area contributed by atoms with Gasteiger partial charge < -0.3 is 19.8 Å². The molecule has 1 aliphatic heterocycles. The van der Waals surface area contributed by atoms with Crippen molar-refractivity contribution in [1.29, 1.82) is 0 Å². The van der Waals surface area contributed by atoms with Crippen LogP contribution in [0.5, 0.6) is 5.75 Å². The summed E-state index contributed by atoms with van der Waals surface area (Å²) in [6.07, 6.45) is 7.71. The van der Waals surface area contributed by atoms with E-state index in [9.17, 15) is 15.0 Å². The molecule has 198 valence electrons. The molecule has 1 aromatic carbocycles. The average Bonchev–Trinajstić information content (AvgIpc) is 3.14. The predicted molar refractivity (Wildman–Crippen MR) is 139 cm³/mol. The molecular weight excluding hydrogens is 456 g/mol. The van der Waals surface area contributed by atoms with Gasteiger partial charge in [-0.25, -0.2) is 0 Å². The molecule has 2 heterocycles. The van der Waals surface area contributed by atoms with Gasteiger partial charge in [-0.05, 0) is 70.0 Å². The van der Waals surface area contributed by atoms with Crippen LogP contribution < -0.4 is 4.74 Å². The van der Waals surface area contributed by atoms with Gasteiger partial charge in [0.05, 0.1) is 17.4 Å². The van der Waals surface area contributed by atoms with Crippen molar-refractivity contribution in [1.82, 2.24) is 19.6 Å². The number of nitrogens with zero attached hydrogens (tertiary/aromatic N) is 4. The van der Waals surface area contributed by atoms with Crippen LogP contribution in [0.1, 0.15) is 72.1 Å². The van der Waals surface area contributed by atoms with E-state index in [0.717, 1.165) is 69.3 Å². The summed E-state index contributed by atoms with van der Waals surface area (Å²) in [7, 11) is 3.80. The molecule has 0 spiro atoms. The summed E-state index contributed by atoms with van der Waals surface area (Å²) in [6, 6.07) is 6.05. The predicted octanol–water partition coefficient (Wildman–Crippen LogP) is 3.07. The second-order valence-corrected chi connectivity index (χ2v) is 10.5. The number of aliphatic hydroxyl groups is 2. The largest absolute Gasteiger partial charge is 0.490 e. The number of benzene rings is 1. The number of rotatable bonds is 4. The minimum atomic E-state index is -1.03. The summed E-state index contributed by atoms with van der Waals surface area (Å²) in [6.45, 7) is 4.36. The molecule has 0 radical (unpaired) electrons. The highest BCUT2D eigenvalue weighted by Crippen LogP contribution is 2.31. The molecule has 1 amide bonds. The Kier molecular flexibility index (Phi) is 9.04. The van der Waals surface area contributed by atoms with Gasteiger partial charge in [0.1, 0.15) is 18.5 Å². The normalized spacial score (nSPS) is 22.7. The van der Waals surface area contributed by atoms with Crippen molar-refractivity contribution in [2.24, 2.45) is 7.05 Å². The van der Waals surface area contributed by atoms with Gasteiger partial charge in [0, 0.05) is 45.0 Å². The molecule has 1 aromatic heterocycles. The van der Waals surface area contributed by atoms with Crippen LogP contribution in [0.25, 0.3) is 0 Å². The Bertz CT molecular complexity index is 1020. The number of aryl methyl sites for hydroxylation is 3. The number of carbonyl (C=O) groups excluding carboxylic acids is 1. The summed E-state index contributed by atoms with van der Waals surface area (Å²) in [5.74, 6) is 0.528. The lowest BCUT2D eigenvalue weighted by atomic mass is 9.91. The van der Waals surface area contributed by atoms with E-state index in [0.29, 0.717) is 24.3 Å². The highest BCUT2D eigenvalue weighted by atomic mass is 16.5. The van der Waals surface area contributed by atoms with Gasteiger partial charge >= 0.3 is 0 Å². The summed E-state index contributed by atoms with van der Waals surface area (Å²) in [5, 5.41) is 25.9. The van der Waals surface area contributed by atoms with Crippen molar-refractivity contribution in [2.75, 3.05) is 26.7 Å². The fourth-order valence-corrected chi connectivity index (χ4v) is 5.18. The second kappa shape index (κ2) is 12.2. The van der Waals surface area contributed by atoms with Crippen LogP contribution in [0.15, 0.2) is 24.4 Å². The number of para-hydroxylation sites is 1. The molecule has 0 bridgehead atoms. The monoisotopic (exact) mass is 498 g/mol. The zero-order chi connectivity index (χ0) is 25.7. The first-order valence-corrected chi connectivity index (χ1v) is 13.4. The fourth-order valence-electron chi connectivity index (χ4n) is 5.18. The van der Waals surface area contributed by atoms with Crippen LogP contribution >= 0.6 is 0 Å². The zero-order valence-corrected chi connectivity index (χ0v) is 22.0. The number of ether oxygens (including phenoxy) is 1. The van der Waals surface area contributed by atoms with Crippen molar-refractivity contribution >= 4 is 5.91 Å². The third-order valence-corrected chi connectivity index (χ3v) is 7.78. The summed E-state index contributed by atoms with van der Waals surface area (Å²) < 4.78 is 7.95. The van der Waals surface area contributed by atoms with Crippen molar-refractivity contribution in [3.63, 3.8) is 0 Å². The number of aromatic nitrogens is 2. The van der Waals surface area contributed by atoms with E-state index in [2.05, 4.69) is 16.2 Å². The molecular formula is C28H42N4O4. The first-order chi connectivity index (χ1) is 17.3. The molecule has 1 aliphatic carbocycles. The summed E-state index contributed by atoms with van der Waals surface area (Å²) in [5.41, 5.74) is 3.75. The van der Waals surface area contributed by atoms with Crippen LogP contribution in [0.2, 0.25) is 0 Å². The SMILES string of the molecule is Cc1nn(C)cc1CN1CCCCCc2cccc(C(=O)N(C)C3CCC3)c2OC[C@@H](O)[C@@H](O)CC1. The molecule has 0 saturated heterocycles. The lowest BCUT2D eigenvalue weighted by Crippen LogP contribution is -2.41. The third-order valence-electron chi connectivity index (χ3n) is 7.78. The molecule has 4 rings (SSSR count). The molecule has 8 nitrogen and oxygen atoms in total. The van der Waals surface area contributed by atoms with Gasteiger partial charge in [-0.2, -0.15) is 5.10 Å². The lowest BCUT2D eigenvalue weighted by molar-refractivity contribution is -0.0165. The van der Waals surface area contributed by atoms with Gasteiger partial charge in [-0.1, -0.05) is 18.6 Å². The molecule has 36 heavy (non-hydrogen) atoms. The highest BCUT2D eigenvalue weighted by molar-refractivity contribution is 5.97. The minimum absolute atomic E-state index is 0.0333. The number of amides is 1. The molecule has 1 fully saturated rings. The van der Waals surface area contributed by atoms with Crippen LogP contribution in [-0.2, 0) is 20.0 Å². The van der Waals surface area contributed by atoms with Gasteiger partial charge in [-0.15, -0.1) is 0 Å². The van der Waals surface area contributed by atoms with Crippen LogP contribution in [0, 0.1) is 6.92 Å². The first-order valence-electron chi connectivity index (χ1n) is 13.4. The minimum Gasteiger partial charge on any atom is -0.490 e. The maximum Gasteiger partial charge on any atom is 0.257 e. The first kappa shape index (κ1) is 26.6. The maximum absolute atomic E-state index is 13.3. The Labute approximate surface area is 214 Å². The molecule has 2 atom stereocenters. The quantitative estimate of drug-likeness (QED) is 0.673. The van der Waals surface area contributed by atoms with E-state index in [1.54, 1.807) is 0 Å². The zero-order valence-electron chi connectivity index (χ0n) is 22.0. The summed E-state index contributed by atoms with van der Waals surface area (Å²) in [4.78, 5) is 17.5. The number of hydrogen-bond donors (Lipinski definition) is 2. The van der Waals surface area contributed by atoms with Crippen LogP contribution in [0.4, 0.5) is 0 Å². The van der Waals surface area contributed by atoms with E-state index in [1.807, 2.05) is 48.8 Å². The molecule has 8 heteroatoms. The Balaban J connectivity index is 1.48. The molecule has 2 aliphatic rings. The van der Waals surface area contributed by atoms with Crippen LogP contribution in [-0.4, -0.2) is 80.7 Å². The number of aliphatic hydroxyl groups excluding tert-OH is 2. The van der Waals surface area contributed by atoms with Crippen molar-refractivity contribution in [3.8, 4) is 5.75 Å². The number of carbonyl (C=O) groups is 1. The Morgan fingerprint density at radius 2 is 1.92 bits per heavy atom. The number of hydrogen-bond acceptors (Lipinski definition) is 6. The van der Waals surface area contributed by atoms with E-state index < -0.39 is 12.2 Å². The van der Waals surface area contributed by atoms with E-state index in [-0.39, 0.29) is 18.6 Å².